The monoisotopic (exact) mass is 272 g/mol. The largest absolute Gasteiger partial charge is 0.271 e. The number of nitrogens with zero attached hydrogens (tertiary/aromatic N) is 2. The predicted octanol–water partition coefficient (Wildman–Crippen LogP) is 2.75. The lowest BCUT2D eigenvalue weighted by molar-refractivity contribution is 0.331. The molecular formula is C16H24N4. The average molecular weight is 272 g/mol. The summed E-state index contributed by atoms with van der Waals surface area (Å²) in [5.74, 6) is 6.72. The molecule has 20 heavy (non-hydrogen) atoms. The van der Waals surface area contributed by atoms with E-state index in [1.165, 1.54) is 5.56 Å². The van der Waals surface area contributed by atoms with Crippen LogP contribution in [0.15, 0.2) is 42.6 Å². The van der Waals surface area contributed by atoms with Crippen LogP contribution in [0.5, 0.6) is 0 Å². The molecule has 1 heterocycles. The van der Waals surface area contributed by atoms with Gasteiger partial charge in [-0.15, -0.1) is 0 Å². The standard InChI is InChI=1S/C16H24N4/c1-4-12(2)15(13-8-6-5-7-9-13)16(19-17)14-10-11-18-20(14)3/h5-12,15-16,19H,4,17H2,1-3H3. The SMILES string of the molecule is CCC(C)C(c1ccccc1)C(NN)c1ccnn1C. The van der Waals surface area contributed by atoms with Crippen LogP contribution in [-0.4, -0.2) is 9.78 Å². The minimum absolute atomic E-state index is 0.0554. The zero-order valence-electron chi connectivity index (χ0n) is 12.5. The van der Waals surface area contributed by atoms with Crippen molar-refractivity contribution in [1.82, 2.24) is 15.2 Å². The second-order valence-corrected chi connectivity index (χ2v) is 5.35. The molecule has 108 valence electrons. The molecule has 1 aromatic carbocycles. The first-order valence-electron chi connectivity index (χ1n) is 7.18. The Morgan fingerprint density at radius 3 is 2.45 bits per heavy atom. The molecule has 0 radical (unpaired) electrons. The van der Waals surface area contributed by atoms with E-state index in [4.69, 9.17) is 5.84 Å². The molecule has 0 aliphatic heterocycles. The van der Waals surface area contributed by atoms with Crippen molar-refractivity contribution >= 4 is 0 Å². The zero-order valence-corrected chi connectivity index (χ0v) is 12.5. The van der Waals surface area contributed by atoms with Crippen LogP contribution in [0.4, 0.5) is 0 Å². The quantitative estimate of drug-likeness (QED) is 0.628. The van der Waals surface area contributed by atoms with Gasteiger partial charge in [-0.1, -0.05) is 50.6 Å². The minimum Gasteiger partial charge on any atom is -0.271 e. The molecule has 0 saturated heterocycles. The van der Waals surface area contributed by atoms with Gasteiger partial charge in [0.25, 0.3) is 0 Å². The van der Waals surface area contributed by atoms with E-state index < -0.39 is 0 Å². The highest BCUT2D eigenvalue weighted by Crippen LogP contribution is 2.37. The van der Waals surface area contributed by atoms with Gasteiger partial charge >= 0.3 is 0 Å². The topological polar surface area (TPSA) is 55.9 Å². The summed E-state index contributed by atoms with van der Waals surface area (Å²) in [5.41, 5.74) is 5.42. The molecule has 2 aromatic rings. The van der Waals surface area contributed by atoms with Crippen molar-refractivity contribution in [1.29, 1.82) is 0 Å². The van der Waals surface area contributed by atoms with Gasteiger partial charge in [-0.05, 0) is 17.5 Å². The number of rotatable bonds is 6. The maximum Gasteiger partial charge on any atom is 0.0699 e. The zero-order chi connectivity index (χ0) is 14.5. The van der Waals surface area contributed by atoms with Crippen LogP contribution in [0.1, 0.15) is 43.5 Å². The number of aryl methyl sites for hydroxylation is 1. The van der Waals surface area contributed by atoms with Crippen molar-refractivity contribution in [2.45, 2.75) is 32.2 Å². The third-order valence-corrected chi connectivity index (χ3v) is 4.16. The Bertz CT molecular complexity index is 520. The van der Waals surface area contributed by atoms with E-state index >= 15 is 0 Å². The van der Waals surface area contributed by atoms with Crippen molar-refractivity contribution < 1.29 is 0 Å². The number of nitrogens with one attached hydrogen (secondary N) is 1. The molecule has 0 amide bonds. The van der Waals surface area contributed by atoms with Crippen LogP contribution in [0.2, 0.25) is 0 Å². The van der Waals surface area contributed by atoms with Gasteiger partial charge < -0.3 is 0 Å². The van der Waals surface area contributed by atoms with E-state index in [0.717, 1.165) is 12.1 Å². The molecule has 3 N–H and O–H groups in total. The van der Waals surface area contributed by atoms with Gasteiger partial charge in [0.1, 0.15) is 0 Å². The number of benzene rings is 1. The van der Waals surface area contributed by atoms with Gasteiger partial charge in [-0.25, -0.2) is 0 Å². The summed E-state index contributed by atoms with van der Waals surface area (Å²) < 4.78 is 1.89. The molecule has 4 heteroatoms. The third kappa shape index (κ3) is 2.92. The van der Waals surface area contributed by atoms with Gasteiger partial charge in [0.2, 0.25) is 0 Å². The normalized spacial score (nSPS) is 15.8. The highest BCUT2D eigenvalue weighted by atomic mass is 15.3. The molecular weight excluding hydrogens is 248 g/mol. The van der Waals surface area contributed by atoms with E-state index in [9.17, 15) is 0 Å². The highest BCUT2D eigenvalue weighted by molar-refractivity contribution is 5.25. The summed E-state index contributed by atoms with van der Waals surface area (Å²) in [7, 11) is 1.96. The van der Waals surface area contributed by atoms with Crippen LogP contribution >= 0.6 is 0 Å². The molecule has 0 saturated carbocycles. The van der Waals surface area contributed by atoms with Gasteiger partial charge in [0, 0.05) is 19.2 Å². The maximum absolute atomic E-state index is 5.87. The summed E-state index contributed by atoms with van der Waals surface area (Å²) in [5, 5.41) is 4.27. The van der Waals surface area contributed by atoms with Crippen molar-refractivity contribution in [2.24, 2.45) is 18.8 Å². The fourth-order valence-corrected chi connectivity index (χ4v) is 2.84. The van der Waals surface area contributed by atoms with Crippen LogP contribution in [0.25, 0.3) is 0 Å². The third-order valence-electron chi connectivity index (χ3n) is 4.16. The Kier molecular flexibility index (Phi) is 4.93. The summed E-state index contributed by atoms with van der Waals surface area (Å²) in [6.45, 7) is 4.50. The Morgan fingerprint density at radius 2 is 1.95 bits per heavy atom. The minimum atomic E-state index is 0.0554. The Hall–Kier alpha value is -1.65. The van der Waals surface area contributed by atoms with Gasteiger partial charge in [-0.3, -0.25) is 16.0 Å². The first kappa shape index (κ1) is 14.8. The first-order valence-corrected chi connectivity index (χ1v) is 7.18. The fraction of sp³-hybridized carbons (Fsp3) is 0.438. The van der Waals surface area contributed by atoms with Gasteiger partial charge in [0.15, 0.2) is 0 Å². The maximum atomic E-state index is 5.87. The fourth-order valence-electron chi connectivity index (χ4n) is 2.84. The van der Waals surface area contributed by atoms with Crippen molar-refractivity contribution in [3.05, 3.63) is 53.9 Å². The average Bonchev–Trinajstić information content (AvgIpc) is 2.90. The summed E-state index contributed by atoms with van der Waals surface area (Å²) in [4.78, 5) is 0. The van der Waals surface area contributed by atoms with Crippen molar-refractivity contribution in [2.75, 3.05) is 0 Å². The van der Waals surface area contributed by atoms with E-state index in [1.54, 1.807) is 0 Å². The number of nitrogens with two attached hydrogens (primary N) is 1. The molecule has 4 nitrogen and oxygen atoms in total. The van der Waals surface area contributed by atoms with Crippen molar-refractivity contribution in [3.63, 3.8) is 0 Å². The van der Waals surface area contributed by atoms with E-state index in [2.05, 4.69) is 48.6 Å². The second-order valence-electron chi connectivity index (χ2n) is 5.35. The Morgan fingerprint density at radius 1 is 1.25 bits per heavy atom. The van der Waals surface area contributed by atoms with E-state index in [1.807, 2.05) is 30.1 Å². The molecule has 0 spiro atoms. The number of hydrogen-bond acceptors (Lipinski definition) is 3. The summed E-state index contributed by atoms with van der Waals surface area (Å²) >= 11 is 0. The number of hydrogen-bond donors (Lipinski definition) is 2. The smallest absolute Gasteiger partial charge is 0.0699 e. The molecule has 0 aliphatic carbocycles. The van der Waals surface area contributed by atoms with Crippen LogP contribution in [-0.2, 0) is 7.05 Å². The van der Waals surface area contributed by atoms with Crippen LogP contribution < -0.4 is 11.3 Å². The highest BCUT2D eigenvalue weighted by Gasteiger charge is 2.29. The van der Waals surface area contributed by atoms with Gasteiger partial charge in [0.05, 0.1) is 11.7 Å². The van der Waals surface area contributed by atoms with E-state index in [-0.39, 0.29) is 6.04 Å². The lowest BCUT2D eigenvalue weighted by Gasteiger charge is -2.31. The summed E-state index contributed by atoms with van der Waals surface area (Å²) in [6, 6.07) is 12.7. The van der Waals surface area contributed by atoms with Crippen molar-refractivity contribution in [3.8, 4) is 0 Å². The molecule has 1 aromatic heterocycles. The molecule has 0 aliphatic rings. The molecule has 0 fully saturated rings. The molecule has 3 unspecified atom stereocenters. The van der Waals surface area contributed by atoms with Crippen LogP contribution in [0.3, 0.4) is 0 Å². The molecule has 2 rings (SSSR count). The van der Waals surface area contributed by atoms with Crippen LogP contribution in [0, 0.1) is 5.92 Å². The van der Waals surface area contributed by atoms with Gasteiger partial charge in [-0.2, -0.15) is 5.10 Å². The lowest BCUT2D eigenvalue weighted by Crippen LogP contribution is -2.36. The number of aromatic nitrogens is 2. The van der Waals surface area contributed by atoms with E-state index in [0.29, 0.717) is 11.8 Å². The second kappa shape index (κ2) is 6.68. The summed E-state index contributed by atoms with van der Waals surface area (Å²) in [6.07, 6.45) is 2.92. The molecule has 3 atom stereocenters. The predicted molar refractivity (Wildman–Crippen MR) is 81.9 cm³/mol. The molecule has 0 bridgehead atoms. The Labute approximate surface area is 121 Å². The lowest BCUT2D eigenvalue weighted by atomic mass is 9.79. The Balaban J connectivity index is 2.42. The first-order chi connectivity index (χ1) is 9.69. The number of hydrazine groups is 1.